The fraction of sp³-hybridized carbons (Fsp3) is 0.675. The Balaban J connectivity index is 1.38. The number of carbonyl (C=O) groups is 1. The minimum atomic E-state index is -0.867. The van der Waals surface area contributed by atoms with Gasteiger partial charge >= 0.3 is 0 Å². The molecule has 0 spiro atoms. The number of nitrogens with zero attached hydrogens (tertiary/aromatic N) is 3. The van der Waals surface area contributed by atoms with E-state index < -0.39 is 30.0 Å². The molecule has 10 heteroatoms. The molecule has 50 heavy (non-hydrogen) atoms. The number of nitrogens with one attached hydrogen (secondary N) is 1. The van der Waals surface area contributed by atoms with E-state index in [1.165, 1.54) is 24.6 Å². The van der Waals surface area contributed by atoms with Gasteiger partial charge in [0.25, 0.3) is 0 Å². The molecule has 0 unspecified atom stereocenters. The second kappa shape index (κ2) is 16.0. The summed E-state index contributed by atoms with van der Waals surface area (Å²) in [4.78, 5) is 24.7. The maximum Gasteiger partial charge on any atom is 0.240 e. The Bertz CT molecular complexity index is 1420. The van der Waals surface area contributed by atoms with Gasteiger partial charge in [0.2, 0.25) is 5.91 Å². The summed E-state index contributed by atoms with van der Waals surface area (Å²) in [6.07, 6.45) is 1.48. The number of likely N-dealkylation sites (N-methyl/N-ethyl adjacent to an activating group) is 1. The number of carbonyl (C=O) groups excluding carboxylic acids is 1. The van der Waals surface area contributed by atoms with Crippen molar-refractivity contribution in [2.75, 3.05) is 27.2 Å². The van der Waals surface area contributed by atoms with E-state index in [-0.39, 0.29) is 49.0 Å². The number of hydrogen-bond donors (Lipinski definition) is 4. The van der Waals surface area contributed by atoms with E-state index in [1.807, 2.05) is 32.3 Å². The molecule has 3 aliphatic carbocycles. The van der Waals surface area contributed by atoms with Gasteiger partial charge in [-0.15, -0.1) is 0 Å². The summed E-state index contributed by atoms with van der Waals surface area (Å²) in [7, 11) is 4.07. The zero-order chi connectivity index (χ0) is 36.5. The molecule has 9 nitrogen and oxygen atoms in total. The van der Waals surface area contributed by atoms with Gasteiger partial charge in [-0.05, 0) is 92.6 Å². The highest BCUT2D eigenvalue weighted by molar-refractivity contribution is 5.82. The molecule has 9 atom stereocenters. The molecule has 1 aliphatic heterocycles. The summed E-state index contributed by atoms with van der Waals surface area (Å²) in [5.74, 6) is 0.673. The van der Waals surface area contributed by atoms with Gasteiger partial charge in [0.05, 0.1) is 19.3 Å². The van der Waals surface area contributed by atoms with Crippen LogP contribution in [0.5, 0.6) is 5.75 Å². The van der Waals surface area contributed by atoms with Gasteiger partial charge in [-0.2, -0.15) is 5.06 Å². The van der Waals surface area contributed by atoms with Crippen molar-refractivity contribution in [3.63, 3.8) is 0 Å². The Morgan fingerprint density at radius 1 is 1.10 bits per heavy atom. The van der Waals surface area contributed by atoms with Crippen LogP contribution in [0.3, 0.4) is 0 Å². The van der Waals surface area contributed by atoms with Crippen molar-refractivity contribution in [2.45, 2.75) is 111 Å². The molecule has 1 saturated heterocycles. The number of benzene rings is 2. The van der Waals surface area contributed by atoms with Crippen molar-refractivity contribution in [2.24, 2.45) is 35.0 Å². The first kappa shape index (κ1) is 38.6. The van der Waals surface area contributed by atoms with Crippen LogP contribution in [0.25, 0.3) is 0 Å². The number of aromatic hydroxyl groups is 1. The van der Waals surface area contributed by atoms with E-state index in [2.05, 4.69) is 55.8 Å². The number of amides is 1. The average Bonchev–Trinajstić information content (AvgIpc) is 3.41. The molecule has 3 saturated carbocycles. The molecular weight excluding hydrogens is 635 g/mol. The van der Waals surface area contributed by atoms with Crippen LogP contribution < -0.4 is 5.32 Å². The second-order valence-electron chi connectivity index (χ2n) is 16.7. The molecule has 278 valence electrons. The number of halogens is 1. The summed E-state index contributed by atoms with van der Waals surface area (Å²) >= 11 is 0. The normalized spacial score (nSPS) is 29.0. The van der Waals surface area contributed by atoms with Gasteiger partial charge in [0.1, 0.15) is 23.7 Å². The first-order valence-corrected chi connectivity index (χ1v) is 18.6. The van der Waals surface area contributed by atoms with Crippen LogP contribution in [0.1, 0.15) is 77.5 Å². The van der Waals surface area contributed by atoms with Gasteiger partial charge in [0.15, 0.2) is 0 Å². The monoisotopic (exact) mass is 696 g/mol. The SMILES string of the molecule is CC(C)C[C@@H](CN(C)C)N(Cc1cccc(CN2O[C@@H](CO)[C@@H]([C@H](C)O)[C@H]2C(=O)N[C@H]2C[C@H]3C[C@H]([C@H]2C)C3(C)C)c1)Cc1c(O)cccc1F. The smallest absolute Gasteiger partial charge is 0.240 e. The number of hydrogen-bond acceptors (Lipinski definition) is 8. The molecule has 4 N–H and O–H groups in total. The zero-order valence-electron chi connectivity index (χ0n) is 31.3. The summed E-state index contributed by atoms with van der Waals surface area (Å²) in [5.41, 5.74) is 2.50. The van der Waals surface area contributed by atoms with Crippen molar-refractivity contribution < 1.29 is 29.3 Å². The highest BCUT2D eigenvalue weighted by Gasteiger charge is 2.57. The molecule has 4 fully saturated rings. The quantitative estimate of drug-likeness (QED) is 0.202. The van der Waals surface area contributed by atoms with Crippen LogP contribution in [0, 0.1) is 40.8 Å². The van der Waals surface area contributed by atoms with Crippen LogP contribution in [-0.4, -0.2) is 93.7 Å². The Hall–Kier alpha value is -2.60. The third-order valence-corrected chi connectivity index (χ3v) is 12.1. The first-order valence-electron chi connectivity index (χ1n) is 18.6. The number of rotatable bonds is 15. The van der Waals surface area contributed by atoms with Gasteiger partial charge in [0, 0.05) is 43.2 Å². The van der Waals surface area contributed by atoms with Gasteiger partial charge < -0.3 is 25.5 Å². The maximum absolute atomic E-state index is 15.0. The summed E-state index contributed by atoms with van der Waals surface area (Å²) in [5, 5.41) is 36.7. The van der Waals surface area contributed by atoms with Gasteiger partial charge in [-0.25, -0.2) is 4.39 Å². The standard InChI is InChI=1S/C40H61FN4O5/c1-24(2)15-30(21-43(7)8)44(22-31-33(41)13-10-14-35(31)48)19-27-11-9-12-28(16-27)20-45-38(37(26(4)47)36(23-46)50-45)39(49)42-34-18-29-17-32(25(34)3)40(29,5)6/h9-14,16,24-26,29-30,32,34,36-38,46-48H,15,17-23H2,1-8H3,(H,42,49)/t25-,26+,29-,30+,32-,34+,36+,37-,38+/m1/s1. The Morgan fingerprint density at radius 2 is 1.80 bits per heavy atom. The predicted molar refractivity (Wildman–Crippen MR) is 193 cm³/mol. The predicted octanol–water partition coefficient (Wildman–Crippen LogP) is 5.17. The number of hydroxylamine groups is 2. The fourth-order valence-corrected chi connectivity index (χ4v) is 9.25. The number of phenols is 1. The molecule has 2 aromatic rings. The molecule has 0 radical (unpaired) electrons. The highest BCUT2D eigenvalue weighted by atomic mass is 19.1. The van der Waals surface area contributed by atoms with E-state index in [0.29, 0.717) is 35.6 Å². The number of aliphatic hydroxyl groups excluding tert-OH is 2. The zero-order valence-corrected chi connectivity index (χ0v) is 31.3. The Kier molecular flexibility index (Phi) is 12.3. The van der Waals surface area contributed by atoms with Crippen molar-refractivity contribution in [1.82, 2.24) is 20.2 Å². The van der Waals surface area contributed by atoms with Crippen molar-refractivity contribution in [3.05, 3.63) is 65.0 Å². The lowest BCUT2D eigenvalue weighted by Gasteiger charge is -2.62. The lowest BCUT2D eigenvalue weighted by molar-refractivity contribution is -0.183. The van der Waals surface area contributed by atoms with Crippen LogP contribution >= 0.6 is 0 Å². The minimum absolute atomic E-state index is 0.0538. The van der Waals surface area contributed by atoms with E-state index in [1.54, 1.807) is 12.0 Å². The Labute approximate surface area is 298 Å². The number of aliphatic hydroxyl groups is 2. The average molecular weight is 697 g/mol. The molecule has 1 amide bonds. The van der Waals surface area contributed by atoms with Crippen molar-refractivity contribution in [1.29, 1.82) is 0 Å². The minimum Gasteiger partial charge on any atom is -0.508 e. The molecule has 2 bridgehead atoms. The summed E-state index contributed by atoms with van der Waals surface area (Å²) in [6, 6.07) is 11.9. The van der Waals surface area contributed by atoms with Crippen molar-refractivity contribution >= 4 is 5.91 Å². The van der Waals surface area contributed by atoms with Crippen molar-refractivity contribution in [3.8, 4) is 5.75 Å². The molecule has 2 aromatic carbocycles. The van der Waals surface area contributed by atoms with E-state index in [0.717, 1.165) is 30.5 Å². The molecular formula is C40H61FN4O5. The molecule has 1 heterocycles. The maximum atomic E-state index is 15.0. The largest absolute Gasteiger partial charge is 0.508 e. The number of fused-ring (bicyclic) bond motifs is 2. The van der Waals surface area contributed by atoms with Crippen LogP contribution in [0.15, 0.2) is 42.5 Å². The fourth-order valence-electron chi connectivity index (χ4n) is 9.25. The van der Waals surface area contributed by atoms with Crippen LogP contribution in [-0.2, 0) is 29.3 Å². The van der Waals surface area contributed by atoms with Gasteiger partial charge in [-0.3, -0.25) is 14.5 Å². The lowest BCUT2D eigenvalue weighted by atomic mass is 9.45. The van der Waals surface area contributed by atoms with Gasteiger partial charge in [-0.1, -0.05) is 65.0 Å². The molecule has 0 aromatic heterocycles. The lowest BCUT2D eigenvalue weighted by Crippen LogP contribution is -2.62. The molecule has 6 rings (SSSR count). The van der Waals surface area contributed by atoms with E-state index in [9.17, 15) is 20.1 Å². The summed E-state index contributed by atoms with van der Waals surface area (Å²) < 4.78 is 15.0. The third kappa shape index (κ3) is 8.37. The van der Waals surface area contributed by atoms with E-state index >= 15 is 4.39 Å². The third-order valence-electron chi connectivity index (χ3n) is 12.1. The highest BCUT2D eigenvalue weighted by Crippen LogP contribution is 2.61. The van der Waals surface area contributed by atoms with E-state index in [4.69, 9.17) is 4.84 Å². The molecule has 4 aliphatic rings. The number of phenolic OH excluding ortho intramolecular Hbond substituents is 1. The topological polar surface area (TPSA) is 109 Å². The first-order chi connectivity index (χ1) is 23.6. The second-order valence-corrected chi connectivity index (χ2v) is 16.7. The van der Waals surface area contributed by atoms with Crippen LogP contribution in [0.4, 0.5) is 4.39 Å². The Morgan fingerprint density at radius 3 is 2.40 bits per heavy atom. The van der Waals surface area contributed by atoms with Crippen LogP contribution in [0.2, 0.25) is 0 Å². The summed E-state index contributed by atoms with van der Waals surface area (Å²) in [6.45, 7) is 14.5.